The Balaban J connectivity index is 1.50. The molecule has 0 unspecified atom stereocenters. The van der Waals surface area contributed by atoms with E-state index in [1.807, 2.05) is 22.4 Å². The highest BCUT2D eigenvalue weighted by Gasteiger charge is 2.22. The van der Waals surface area contributed by atoms with Crippen molar-refractivity contribution in [1.29, 1.82) is 0 Å². The number of amides is 1. The average Bonchev–Trinajstić information content (AvgIpc) is 3.07. The first-order valence-electron chi connectivity index (χ1n) is 6.20. The predicted molar refractivity (Wildman–Crippen MR) is 78.2 cm³/mol. The van der Waals surface area contributed by atoms with E-state index in [2.05, 4.69) is 17.1 Å². The molecular weight excluding hydrogens is 276 g/mol. The summed E-state index contributed by atoms with van der Waals surface area (Å²) in [6, 6.07) is 8.27. The summed E-state index contributed by atoms with van der Waals surface area (Å²) in [6.45, 7) is 1.52. The molecule has 0 bridgehead atoms. The van der Waals surface area contributed by atoms with Crippen molar-refractivity contribution in [2.24, 2.45) is 0 Å². The fraction of sp³-hybridized carbons (Fsp3) is 0.286. The van der Waals surface area contributed by atoms with Gasteiger partial charge in [0.2, 0.25) is 5.91 Å². The van der Waals surface area contributed by atoms with E-state index in [0.717, 1.165) is 23.2 Å². The predicted octanol–water partition coefficient (Wildman–Crippen LogP) is 3.17. The van der Waals surface area contributed by atoms with Gasteiger partial charge >= 0.3 is 0 Å². The van der Waals surface area contributed by atoms with Crippen LogP contribution in [-0.2, 0) is 17.9 Å². The molecule has 0 N–H and O–H groups in total. The maximum atomic E-state index is 12.1. The molecule has 0 fully saturated rings. The van der Waals surface area contributed by atoms with E-state index in [4.69, 9.17) is 0 Å². The van der Waals surface area contributed by atoms with Gasteiger partial charge in [0.25, 0.3) is 0 Å². The summed E-state index contributed by atoms with van der Waals surface area (Å²) in [7, 11) is 0. The van der Waals surface area contributed by atoms with Crippen molar-refractivity contribution < 1.29 is 4.79 Å². The zero-order chi connectivity index (χ0) is 13.1. The van der Waals surface area contributed by atoms with Gasteiger partial charge in [-0.1, -0.05) is 36.0 Å². The summed E-state index contributed by atoms with van der Waals surface area (Å²) in [5.74, 6) is 1.04. The highest BCUT2D eigenvalue weighted by atomic mass is 32.2. The van der Waals surface area contributed by atoms with E-state index >= 15 is 0 Å². The van der Waals surface area contributed by atoms with Crippen molar-refractivity contribution in [3.8, 4) is 0 Å². The number of aromatic nitrogens is 1. The van der Waals surface area contributed by atoms with Crippen LogP contribution in [0, 0.1) is 0 Å². The van der Waals surface area contributed by atoms with Crippen LogP contribution in [-0.4, -0.2) is 21.5 Å². The molecule has 3 nitrogen and oxygen atoms in total. The molecule has 19 heavy (non-hydrogen) atoms. The molecule has 1 aliphatic rings. The fourth-order valence-electron chi connectivity index (χ4n) is 2.17. The second-order valence-corrected chi connectivity index (χ2v) is 6.65. The monoisotopic (exact) mass is 290 g/mol. The van der Waals surface area contributed by atoms with Crippen molar-refractivity contribution >= 4 is 29.0 Å². The van der Waals surface area contributed by atoms with Crippen LogP contribution in [0.3, 0.4) is 0 Å². The lowest BCUT2D eigenvalue weighted by atomic mass is 10.1. The molecular formula is C14H14N2OS2. The van der Waals surface area contributed by atoms with Crippen LogP contribution in [0.4, 0.5) is 0 Å². The Labute approximate surface area is 120 Å². The number of hydrogen-bond donors (Lipinski definition) is 0. The summed E-state index contributed by atoms with van der Waals surface area (Å²) < 4.78 is 1.04. The Bertz CT molecular complexity index is 544. The van der Waals surface area contributed by atoms with Crippen molar-refractivity contribution in [2.45, 2.75) is 23.8 Å². The maximum absolute atomic E-state index is 12.1. The van der Waals surface area contributed by atoms with Crippen molar-refractivity contribution in [3.05, 3.63) is 47.0 Å². The summed E-state index contributed by atoms with van der Waals surface area (Å²) in [4.78, 5) is 18.3. The molecule has 2 heterocycles. The molecule has 5 heteroatoms. The van der Waals surface area contributed by atoms with Gasteiger partial charge in [0.05, 0.1) is 0 Å². The van der Waals surface area contributed by atoms with Gasteiger partial charge in [0, 0.05) is 36.8 Å². The summed E-state index contributed by atoms with van der Waals surface area (Å²) in [6.07, 6.45) is 2.38. The maximum Gasteiger partial charge on any atom is 0.224 e. The average molecular weight is 290 g/mol. The van der Waals surface area contributed by atoms with Gasteiger partial charge in [-0.25, -0.2) is 4.98 Å². The summed E-state index contributed by atoms with van der Waals surface area (Å²) >= 11 is 3.28. The molecule has 1 aromatic carbocycles. The molecule has 1 aliphatic heterocycles. The highest BCUT2D eigenvalue weighted by molar-refractivity contribution is 8.01. The van der Waals surface area contributed by atoms with Crippen molar-refractivity contribution in [3.63, 3.8) is 0 Å². The van der Waals surface area contributed by atoms with Crippen molar-refractivity contribution in [2.75, 3.05) is 5.75 Å². The minimum Gasteiger partial charge on any atom is -0.334 e. The molecule has 0 spiro atoms. The Kier molecular flexibility index (Phi) is 3.84. The first kappa shape index (κ1) is 12.7. The molecule has 0 saturated carbocycles. The van der Waals surface area contributed by atoms with Gasteiger partial charge in [-0.3, -0.25) is 4.79 Å². The second-order valence-electron chi connectivity index (χ2n) is 4.41. The third-order valence-electron chi connectivity index (χ3n) is 3.14. The first-order chi connectivity index (χ1) is 9.33. The molecule has 2 aromatic rings. The lowest BCUT2D eigenvalue weighted by Gasteiger charge is -2.14. The van der Waals surface area contributed by atoms with E-state index in [-0.39, 0.29) is 5.91 Å². The lowest BCUT2D eigenvalue weighted by Crippen LogP contribution is -2.25. The van der Waals surface area contributed by atoms with Crippen LogP contribution >= 0.6 is 23.1 Å². The quantitative estimate of drug-likeness (QED) is 0.811. The summed E-state index contributed by atoms with van der Waals surface area (Å²) in [5, 5.41) is 1.96. The van der Waals surface area contributed by atoms with Crippen LogP contribution in [0.25, 0.3) is 0 Å². The molecule has 0 saturated heterocycles. The van der Waals surface area contributed by atoms with E-state index in [9.17, 15) is 4.79 Å². The topological polar surface area (TPSA) is 33.2 Å². The number of thiazole rings is 1. The molecule has 3 rings (SSSR count). The normalized spacial score (nSPS) is 13.6. The van der Waals surface area contributed by atoms with E-state index in [0.29, 0.717) is 6.42 Å². The van der Waals surface area contributed by atoms with Crippen molar-refractivity contribution in [1.82, 2.24) is 9.88 Å². The van der Waals surface area contributed by atoms with Gasteiger partial charge in [-0.05, 0) is 11.1 Å². The number of nitrogens with zero attached hydrogens (tertiary/aromatic N) is 2. The first-order valence-corrected chi connectivity index (χ1v) is 8.06. The van der Waals surface area contributed by atoms with Crippen LogP contribution in [0.5, 0.6) is 0 Å². The Morgan fingerprint density at radius 2 is 2.05 bits per heavy atom. The highest BCUT2D eigenvalue weighted by Crippen LogP contribution is 2.24. The number of hydrogen-bond acceptors (Lipinski definition) is 4. The minimum absolute atomic E-state index is 0.236. The zero-order valence-electron chi connectivity index (χ0n) is 10.4. The minimum atomic E-state index is 0.236. The largest absolute Gasteiger partial charge is 0.334 e. The smallest absolute Gasteiger partial charge is 0.224 e. The number of thioether (sulfide) groups is 1. The Morgan fingerprint density at radius 1 is 1.32 bits per heavy atom. The number of fused-ring (bicyclic) bond motifs is 1. The van der Waals surface area contributed by atoms with Gasteiger partial charge < -0.3 is 4.90 Å². The fourth-order valence-corrected chi connectivity index (χ4v) is 3.81. The third-order valence-corrected chi connectivity index (χ3v) is 5.11. The number of carbonyl (C=O) groups excluding carboxylic acids is 1. The van der Waals surface area contributed by atoms with E-state index in [1.54, 1.807) is 29.3 Å². The molecule has 0 atom stereocenters. The van der Waals surface area contributed by atoms with Crippen LogP contribution in [0.1, 0.15) is 17.5 Å². The number of rotatable bonds is 4. The van der Waals surface area contributed by atoms with Gasteiger partial charge in [0.1, 0.15) is 4.34 Å². The van der Waals surface area contributed by atoms with Crippen LogP contribution < -0.4 is 0 Å². The molecule has 0 aliphatic carbocycles. The van der Waals surface area contributed by atoms with Crippen LogP contribution in [0.15, 0.2) is 40.2 Å². The Hall–Kier alpha value is -1.33. The zero-order valence-corrected chi connectivity index (χ0v) is 12.0. The number of carbonyl (C=O) groups is 1. The standard InChI is InChI=1S/C14H14N2OS2/c17-13(5-7-18-14-15-6-8-19-14)16-9-11-3-1-2-4-12(11)10-16/h1-4,6,8H,5,7,9-10H2. The lowest BCUT2D eigenvalue weighted by molar-refractivity contribution is -0.131. The van der Waals surface area contributed by atoms with Gasteiger partial charge in [-0.2, -0.15) is 0 Å². The van der Waals surface area contributed by atoms with Crippen LogP contribution in [0.2, 0.25) is 0 Å². The SMILES string of the molecule is O=C(CCSc1nccs1)N1Cc2ccccc2C1. The van der Waals surface area contributed by atoms with Gasteiger partial charge in [-0.15, -0.1) is 11.3 Å². The molecule has 98 valence electrons. The van der Waals surface area contributed by atoms with Gasteiger partial charge in [0.15, 0.2) is 0 Å². The van der Waals surface area contributed by atoms with E-state index < -0.39 is 0 Å². The second kappa shape index (κ2) is 5.75. The van der Waals surface area contributed by atoms with E-state index in [1.165, 1.54) is 11.1 Å². The molecule has 0 radical (unpaired) electrons. The molecule has 1 aromatic heterocycles. The molecule has 1 amide bonds. The third kappa shape index (κ3) is 2.98. The Morgan fingerprint density at radius 3 is 2.68 bits per heavy atom. The number of benzene rings is 1. The summed E-state index contributed by atoms with van der Waals surface area (Å²) in [5.41, 5.74) is 2.56.